The van der Waals surface area contributed by atoms with Crippen molar-refractivity contribution in [2.24, 2.45) is 0 Å². The van der Waals surface area contributed by atoms with Crippen molar-refractivity contribution in [1.29, 1.82) is 0 Å². The van der Waals surface area contributed by atoms with Crippen molar-refractivity contribution in [3.05, 3.63) is 58.0 Å². The third-order valence-corrected chi connectivity index (χ3v) is 3.56. The van der Waals surface area contributed by atoms with Crippen molar-refractivity contribution in [3.63, 3.8) is 0 Å². The molecule has 2 aromatic rings. The Bertz CT molecular complexity index is 566. The molecule has 20 heavy (non-hydrogen) atoms. The summed E-state index contributed by atoms with van der Waals surface area (Å²) in [6, 6.07) is 7.25. The monoisotopic (exact) mass is 347 g/mol. The van der Waals surface area contributed by atoms with E-state index in [0.717, 1.165) is 6.07 Å². The molecule has 2 rings (SSSR count). The summed E-state index contributed by atoms with van der Waals surface area (Å²) in [6.45, 7) is 2.50. The number of hydrogen-bond donors (Lipinski definition) is 1. The van der Waals surface area contributed by atoms with Crippen LogP contribution in [0.2, 0.25) is 0 Å². The molecule has 108 valence electrons. The van der Waals surface area contributed by atoms with Crippen molar-refractivity contribution < 1.29 is 17.6 Å². The van der Waals surface area contributed by atoms with E-state index < -0.39 is 17.8 Å². The van der Waals surface area contributed by atoms with Gasteiger partial charge in [0, 0.05) is 4.47 Å². The molecule has 1 unspecified atom stereocenters. The molecule has 2 nitrogen and oxygen atoms in total. The lowest BCUT2D eigenvalue weighted by molar-refractivity contribution is -0.138. The van der Waals surface area contributed by atoms with Gasteiger partial charge in [-0.15, -0.1) is 0 Å². The first-order valence-corrected chi connectivity index (χ1v) is 6.86. The molecule has 1 atom stereocenters. The van der Waals surface area contributed by atoms with Crippen molar-refractivity contribution in [2.75, 3.05) is 6.54 Å². The van der Waals surface area contributed by atoms with E-state index in [1.165, 1.54) is 12.3 Å². The second-order valence-electron chi connectivity index (χ2n) is 4.24. The van der Waals surface area contributed by atoms with Gasteiger partial charge in [-0.05, 0) is 36.4 Å². The maximum Gasteiger partial charge on any atom is 0.417 e. The molecular formula is C14H13BrF3NO. The first-order valence-electron chi connectivity index (χ1n) is 6.07. The fourth-order valence-corrected chi connectivity index (χ4v) is 2.45. The lowest BCUT2D eigenvalue weighted by Gasteiger charge is -2.18. The van der Waals surface area contributed by atoms with Gasteiger partial charge in [0.05, 0.1) is 17.9 Å². The Hall–Kier alpha value is -1.27. The minimum Gasteiger partial charge on any atom is -0.467 e. The third-order valence-electron chi connectivity index (χ3n) is 2.87. The first-order chi connectivity index (χ1) is 9.43. The van der Waals surface area contributed by atoms with E-state index in [1.807, 2.05) is 6.92 Å². The van der Waals surface area contributed by atoms with Gasteiger partial charge >= 0.3 is 6.18 Å². The number of benzene rings is 1. The average molecular weight is 348 g/mol. The lowest BCUT2D eigenvalue weighted by Crippen LogP contribution is -2.22. The second-order valence-corrected chi connectivity index (χ2v) is 5.10. The maximum absolute atomic E-state index is 12.9. The Morgan fingerprint density at radius 3 is 2.60 bits per heavy atom. The van der Waals surface area contributed by atoms with E-state index in [0.29, 0.717) is 17.9 Å². The van der Waals surface area contributed by atoms with Crippen LogP contribution in [-0.4, -0.2) is 6.54 Å². The second kappa shape index (κ2) is 6.01. The normalized spacial score (nSPS) is 13.4. The molecule has 1 heterocycles. The van der Waals surface area contributed by atoms with Gasteiger partial charge < -0.3 is 9.73 Å². The largest absolute Gasteiger partial charge is 0.467 e. The van der Waals surface area contributed by atoms with E-state index in [-0.39, 0.29) is 4.47 Å². The number of hydrogen-bond acceptors (Lipinski definition) is 2. The average Bonchev–Trinajstić information content (AvgIpc) is 2.89. The summed E-state index contributed by atoms with van der Waals surface area (Å²) in [5.41, 5.74) is -0.179. The highest BCUT2D eigenvalue weighted by Crippen LogP contribution is 2.37. The molecule has 0 amide bonds. The van der Waals surface area contributed by atoms with Crippen LogP contribution >= 0.6 is 15.9 Å². The fraction of sp³-hybridized carbons (Fsp3) is 0.286. The van der Waals surface area contributed by atoms with Crippen LogP contribution in [-0.2, 0) is 6.18 Å². The summed E-state index contributed by atoms with van der Waals surface area (Å²) in [4.78, 5) is 0. The summed E-state index contributed by atoms with van der Waals surface area (Å²) < 4.78 is 44.2. The van der Waals surface area contributed by atoms with Gasteiger partial charge in [0.25, 0.3) is 0 Å². The smallest absolute Gasteiger partial charge is 0.417 e. The SMILES string of the molecule is CCNC(c1ccc(Br)c(C(F)(F)F)c1)c1ccco1. The highest BCUT2D eigenvalue weighted by Gasteiger charge is 2.34. The highest BCUT2D eigenvalue weighted by atomic mass is 79.9. The van der Waals surface area contributed by atoms with Gasteiger partial charge in [-0.1, -0.05) is 28.9 Å². The molecule has 6 heteroatoms. The molecule has 0 aliphatic rings. The van der Waals surface area contributed by atoms with Gasteiger partial charge in [0.2, 0.25) is 0 Å². The maximum atomic E-state index is 12.9. The molecule has 0 bridgehead atoms. The molecule has 0 aliphatic heterocycles. The number of nitrogens with one attached hydrogen (secondary N) is 1. The molecule has 1 N–H and O–H groups in total. The molecule has 0 fully saturated rings. The minimum atomic E-state index is -4.39. The Balaban J connectivity index is 2.45. The number of rotatable bonds is 4. The molecule has 0 saturated heterocycles. The van der Waals surface area contributed by atoms with Gasteiger partial charge in [0.1, 0.15) is 5.76 Å². The zero-order valence-corrected chi connectivity index (χ0v) is 12.3. The van der Waals surface area contributed by atoms with Gasteiger partial charge in [-0.2, -0.15) is 13.2 Å². The lowest BCUT2D eigenvalue weighted by atomic mass is 10.0. The standard InChI is InChI=1S/C14H13BrF3NO/c1-2-19-13(12-4-3-7-20-12)9-5-6-11(15)10(8-9)14(16,17)18/h3-8,13,19H,2H2,1H3. The quantitative estimate of drug-likeness (QED) is 0.862. The van der Waals surface area contributed by atoms with Crippen LogP contribution < -0.4 is 5.32 Å². The van der Waals surface area contributed by atoms with Gasteiger partial charge in [-0.3, -0.25) is 0 Å². The van der Waals surface area contributed by atoms with Crippen LogP contribution in [0.4, 0.5) is 13.2 Å². The summed E-state index contributed by atoms with van der Waals surface area (Å²) in [6.07, 6.45) is -2.89. The summed E-state index contributed by atoms with van der Waals surface area (Å²) >= 11 is 2.94. The van der Waals surface area contributed by atoms with Crippen molar-refractivity contribution >= 4 is 15.9 Å². The molecule has 0 spiro atoms. The summed E-state index contributed by atoms with van der Waals surface area (Å²) in [7, 11) is 0. The predicted molar refractivity (Wildman–Crippen MR) is 73.4 cm³/mol. The number of furan rings is 1. The zero-order chi connectivity index (χ0) is 14.8. The molecule has 1 aromatic carbocycles. The summed E-state index contributed by atoms with van der Waals surface area (Å²) in [5.74, 6) is 0.585. The molecule has 0 saturated carbocycles. The van der Waals surface area contributed by atoms with Crippen LogP contribution in [0.15, 0.2) is 45.5 Å². The van der Waals surface area contributed by atoms with Crippen LogP contribution in [0.1, 0.15) is 29.9 Å². The molecule has 0 radical (unpaired) electrons. The van der Waals surface area contributed by atoms with Crippen LogP contribution in [0.3, 0.4) is 0 Å². The predicted octanol–water partition coefficient (Wildman–Crippen LogP) is 4.76. The van der Waals surface area contributed by atoms with Gasteiger partial charge in [0.15, 0.2) is 0 Å². The Morgan fingerprint density at radius 1 is 1.30 bits per heavy atom. The van der Waals surface area contributed by atoms with Crippen LogP contribution in [0, 0.1) is 0 Å². The molecular weight excluding hydrogens is 335 g/mol. The summed E-state index contributed by atoms with van der Waals surface area (Å²) in [5, 5.41) is 3.12. The number of alkyl halides is 3. The Morgan fingerprint density at radius 2 is 2.05 bits per heavy atom. The van der Waals surface area contributed by atoms with Gasteiger partial charge in [-0.25, -0.2) is 0 Å². The Kier molecular flexibility index (Phi) is 4.55. The minimum absolute atomic E-state index is 0.0310. The van der Waals surface area contributed by atoms with Crippen molar-refractivity contribution in [1.82, 2.24) is 5.32 Å². The van der Waals surface area contributed by atoms with E-state index in [9.17, 15) is 13.2 Å². The van der Waals surface area contributed by atoms with E-state index in [1.54, 1.807) is 18.2 Å². The van der Waals surface area contributed by atoms with E-state index in [4.69, 9.17) is 4.42 Å². The first kappa shape index (κ1) is 15.1. The third kappa shape index (κ3) is 3.24. The molecule has 1 aromatic heterocycles. The highest BCUT2D eigenvalue weighted by molar-refractivity contribution is 9.10. The van der Waals surface area contributed by atoms with Crippen LogP contribution in [0.25, 0.3) is 0 Å². The topological polar surface area (TPSA) is 25.2 Å². The van der Waals surface area contributed by atoms with E-state index >= 15 is 0 Å². The zero-order valence-electron chi connectivity index (χ0n) is 10.7. The van der Waals surface area contributed by atoms with Crippen molar-refractivity contribution in [2.45, 2.75) is 19.1 Å². The molecule has 0 aliphatic carbocycles. The van der Waals surface area contributed by atoms with Crippen molar-refractivity contribution in [3.8, 4) is 0 Å². The number of halogens is 4. The van der Waals surface area contributed by atoms with Crippen LogP contribution in [0.5, 0.6) is 0 Å². The Labute approximate surface area is 123 Å². The van der Waals surface area contributed by atoms with E-state index in [2.05, 4.69) is 21.2 Å². The fourth-order valence-electron chi connectivity index (χ4n) is 1.98.